The van der Waals surface area contributed by atoms with E-state index in [1.807, 2.05) is 18.2 Å². The fourth-order valence-electron chi connectivity index (χ4n) is 1.89. The predicted octanol–water partition coefficient (Wildman–Crippen LogP) is 1.86. The molecule has 0 spiro atoms. The van der Waals surface area contributed by atoms with Crippen LogP contribution in [0.5, 0.6) is 5.75 Å². The Balaban J connectivity index is 2.02. The highest BCUT2D eigenvalue weighted by Gasteiger charge is 2.14. The minimum absolute atomic E-state index is 0.249. The molecule has 2 rings (SSSR count). The maximum atomic E-state index is 11.0. The summed E-state index contributed by atoms with van der Waals surface area (Å²) in [5, 5.41) is 0. The highest BCUT2D eigenvalue weighted by Crippen LogP contribution is 2.22. The van der Waals surface area contributed by atoms with Crippen molar-refractivity contribution < 1.29 is 9.53 Å². The zero-order valence-corrected chi connectivity index (χ0v) is 9.61. The van der Waals surface area contributed by atoms with Gasteiger partial charge in [0, 0.05) is 31.6 Å². The zero-order chi connectivity index (χ0) is 11.4. The van der Waals surface area contributed by atoms with Crippen LogP contribution in [0.3, 0.4) is 0 Å². The number of para-hydroxylation sites is 1. The number of Topliss-reactive ketones (excluding diaryl/α,β-unsaturated/α-hetero) is 1. The van der Waals surface area contributed by atoms with Crippen LogP contribution in [0.15, 0.2) is 24.3 Å². The van der Waals surface area contributed by atoms with Gasteiger partial charge in [-0.05, 0) is 13.0 Å². The minimum Gasteiger partial charge on any atom is -0.492 e. The molecule has 0 aromatic heterocycles. The van der Waals surface area contributed by atoms with Gasteiger partial charge in [0.25, 0.3) is 0 Å². The number of hydrogen-bond acceptors (Lipinski definition) is 3. The predicted molar refractivity (Wildman–Crippen MR) is 62.5 cm³/mol. The lowest BCUT2D eigenvalue weighted by Gasteiger charge is -2.18. The number of fused-ring (bicyclic) bond motifs is 1. The number of ether oxygens (including phenoxy) is 1. The second kappa shape index (κ2) is 5.12. The molecule has 0 amide bonds. The van der Waals surface area contributed by atoms with Crippen molar-refractivity contribution in [3.8, 4) is 5.75 Å². The van der Waals surface area contributed by atoms with E-state index in [4.69, 9.17) is 4.74 Å². The van der Waals surface area contributed by atoms with Crippen LogP contribution in [0.25, 0.3) is 0 Å². The largest absolute Gasteiger partial charge is 0.492 e. The van der Waals surface area contributed by atoms with Crippen LogP contribution in [0.4, 0.5) is 0 Å². The molecule has 0 N–H and O–H groups in total. The van der Waals surface area contributed by atoms with Crippen molar-refractivity contribution in [1.29, 1.82) is 0 Å². The van der Waals surface area contributed by atoms with Gasteiger partial charge >= 0.3 is 0 Å². The lowest BCUT2D eigenvalue weighted by Crippen LogP contribution is -2.27. The molecule has 3 heteroatoms. The average molecular weight is 219 g/mol. The summed E-state index contributed by atoms with van der Waals surface area (Å²) < 4.78 is 5.66. The van der Waals surface area contributed by atoms with Gasteiger partial charge in [-0.2, -0.15) is 0 Å². The molecule has 1 aliphatic heterocycles. The normalized spacial score (nSPS) is 16.1. The van der Waals surface area contributed by atoms with Gasteiger partial charge in [0.1, 0.15) is 18.1 Å². The molecule has 1 aliphatic rings. The first-order valence-electron chi connectivity index (χ1n) is 5.68. The Morgan fingerprint density at radius 3 is 3.06 bits per heavy atom. The van der Waals surface area contributed by atoms with E-state index in [0.717, 1.165) is 25.4 Å². The quantitative estimate of drug-likeness (QED) is 0.777. The number of carbonyl (C=O) groups is 1. The van der Waals surface area contributed by atoms with E-state index in [0.29, 0.717) is 13.0 Å². The Hall–Kier alpha value is -1.35. The second-order valence-electron chi connectivity index (χ2n) is 4.18. The highest BCUT2D eigenvalue weighted by atomic mass is 16.5. The molecule has 0 unspecified atom stereocenters. The molecule has 0 bridgehead atoms. The Kier molecular flexibility index (Phi) is 3.57. The number of hydrogen-bond donors (Lipinski definition) is 0. The van der Waals surface area contributed by atoms with Gasteiger partial charge < -0.3 is 4.74 Å². The Morgan fingerprint density at radius 2 is 2.25 bits per heavy atom. The van der Waals surface area contributed by atoms with E-state index in [1.54, 1.807) is 6.92 Å². The molecule has 86 valence electrons. The molecular weight excluding hydrogens is 202 g/mol. The van der Waals surface area contributed by atoms with Gasteiger partial charge in [0.15, 0.2) is 0 Å². The molecule has 0 aliphatic carbocycles. The molecule has 0 saturated heterocycles. The third-order valence-corrected chi connectivity index (χ3v) is 2.81. The molecule has 3 nitrogen and oxygen atoms in total. The molecule has 16 heavy (non-hydrogen) atoms. The van der Waals surface area contributed by atoms with Crippen LogP contribution >= 0.6 is 0 Å². The van der Waals surface area contributed by atoms with Crippen molar-refractivity contribution in [1.82, 2.24) is 4.90 Å². The van der Waals surface area contributed by atoms with Crippen molar-refractivity contribution in [2.24, 2.45) is 0 Å². The first-order valence-corrected chi connectivity index (χ1v) is 5.68. The van der Waals surface area contributed by atoms with E-state index in [-0.39, 0.29) is 5.78 Å². The summed E-state index contributed by atoms with van der Waals surface area (Å²) in [6.07, 6.45) is 0.627. The van der Waals surface area contributed by atoms with Gasteiger partial charge in [-0.15, -0.1) is 0 Å². The van der Waals surface area contributed by atoms with Gasteiger partial charge in [-0.25, -0.2) is 0 Å². The first kappa shape index (κ1) is 11.1. The van der Waals surface area contributed by atoms with E-state index in [1.165, 1.54) is 5.56 Å². The molecule has 1 heterocycles. The zero-order valence-electron chi connectivity index (χ0n) is 9.61. The summed E-state index contributed by atoms with van der Waals surface area (Å²) in [7, 11) is 0. The molecule has 0 saturated carbocycles. The maximum absolute atomic E-state index is 11.0. The minimum atomic E-state index is 0.249. The summed E-state index contributed by atoms with van der Waals surface area (Å²) in [6, 6.07) is 8.10. The van der Waals surface area contributed by atoms with E-state index in [9.17, 15) is 4.79 Å². The molecular formula is C13H17NO2. The fourth-order valence-corrected chi connectivity index (χ4v) is 1.89. The van der Waals surface area contributed by atoms with Crippen LogP contribution in [0, 0.1) is 0 Å². The Labute approximate surface area is 96.0 Å². The number of carbonyl (C=O) groups excluding carboxylic acids is 1. The highest BCUT2D eigenvalue weighted by molar-refractivity contribution is 5.75. The number of benzene rings is 1. The van der Waals surface area contributed by atoms with Gasteiger partial charge in [-0.1, -0.05) is 18.2 Å². The standard InChI is InChI=1S/C13H17NO2/c1-11(15)6-7-14-8-9-16-13-5-3-2-4-12(13)10-14/h2-5H,6-10H2,1H3. The van der Waals surface area contributed by atoms with Crippen molar-refractivity contribution in [3.63, 3.8) is 0 Å². The van der Waals surface area contributed by atoms with Crippen LogP contribution in [-0.2, 0) is 11.3 Å². The third kappa shape index (κ3) is 2.83. The summed E-state index contributed by atoms with van der Waals surface area (Å²) in [4.78, 5) is 13.2. The summed E-state index contributed by atoms with van der Waals surface area (Å²) >= 11 is 0. The lowest BCUT2D eigenvalue weighted by molar-refractivity contribution is -0.117. The Morgan fingerprint density at radius 1 is 1.44 bits per heavy atom. The van der Waals surface area contributed by atoms with E-state index in [2.05, 4.69) is 11.0 Å². The van der Waals surface area contributed by atoms with Crippen LogP contribution < -0.4 is 4.74 Å². The molecule has 0 atom stereocenters. The second-order valence-corrected chi connectivity index (χ2v) is 4.18. The summed E-state index contributed by atoms with van der Waals surface area (Å²) in [5.74, 6) is 1.23. The monoisotopic (exact) mass is 219 g/mol. The fraction of sp³-hybridized carbons (Fsp3) is 0.462. The smallest absolute Gasteiger partial charge is 0.131 e. The molecule has 0 fully saturated rings. The first-order chi connectivity index (χ1) is 7.75. The van der Waals surface area contributed by atoms with Crippen molar-refractivity contribution in [2.75, 3.05) is 19.7 Å². The van der Waals surface area contributed by atoms with E-state index >= 15 is 0 Å². The van der Waals surface area contributed by atoms with Crippen LogP contribution in [-0.4, -0.2) is 30.4 Å². The lowest BCUT2D eigenvalue weighted by atomic mass is 10.2. The Bertz CT molecular complexity index is 376. The SMILES string of the molecule is CC(=O)CCN1CCOc2ccccc2C1. The number of rotatable bonds is 3. The van der Waals surface area contributed by atoms with Crippen molar-refractivity contribution >= 4 is 5.78 Å². The molecule has 0 radical (unpaired) electrons. The van der Waals surface area contributed by atoms with Gasteiger partial charge in [-0.3, -0.25) is 9.69 Å². The van der Waals surface area contributed by atoms with Crippen LogP contribution in [0.1, 0.15) is 18.9 Å². The van der Waals surface area contributed by atoms with Gasteiger partial charge in [0.2, 0.25) is 0 Å². The van der Waals surface area contributed by atoms with Crippen molar-refractivity contribution in [2.45, 2.75) is 19.9 Å². The third-order valence-electron chi connectivity index (χ3n) is 2.81. The number of ketones is 1. The number of nitrogens with zero attached hydrogens (tertiary/aromatic N) is 1. The molecule has 1 aromatic rings. The van der Waals surface area contributed by atoms with E-state index < -0.39 is 0 Å². The summed E-state index contributed by atoms with van der Waals surface area (Å²) in [6.45, 7) is 4.94. The average Bonchev–Trinajstić information content (AvgIpc) is 2.47. The van der Waals surface area contributed by atoms with Gasteiger partial charge in [0.05, 0.1) is 0 Å². The topological polar surface area (TPSA) is 29.5 Å². The molecule has 1 aromatic carbocycles. The maximum Gasteiger partial charge on any atom is 0.131 e. The van der Waals surface area contributed by atoms with Crippen molar-refractivity contribution in [3.05, 3.63) is 29.8 Å². The summed E-state index contributed by atoms with van der Waals surface area (Å²) in [5.41, 5.74) is 1.21. The van der Waals surface area contributed by atoms with Crippen LogP contribution in [0.2, 0.25) is 0 Å².